The molecule has 1 aliphatic rings. The molecule has 2 unspecified atom stereocenters. The molecule has 0 saturated carbocycles. The van der Waals surface area contributed by atoms with Crippen LogP contribution in [0.4, 0.5) is 0 Å². The normalized spacial score (nSPS) is 26.7. The monoisotopic (exact) mass is 194 g/mol. The average Bonchev–Trinajstić information content (AvgIpc) is 2.15. The molecule has 0 aromatic carbocycles. The zero-order valence-electron chi connectivity index (χ0n) is 8.45. The molecule has 1 aliphatic carbocycles. The lowest BCUT2D eigenvalue weighted by molar-refractivity contribution is -0.145. The number of hydrogen-bond donors (Lipinski definition) is 0. The van der Waals surface area contributed by atoms with Crippen LogP contribution in [0.1, 0.15) is 13.3 Å². The first-order valence-corrected chi connectivity index (χ1v) is 4.51. The molecule has 0 amide bonds. The number of methoxy groups -OCH3 is 1. The molecule has 0 fully saturated rings. The molecule has 0 bridgehead atoms. The van der Waals surface area contributed by atoms with Crippen molar-refractivity contribution in [2.75, 3.05) is 7.11 Å². The van der Waals surface area contributed by atoms with E-state index in [1.165, 1.54) is 13.2 Å². The first-order chi connectivity index (χ1) is 6.60. The molecule has 0 heterocycles. The van der Waals surface area contributed by atoms with Crippen LogP contribution >= 0.6 is 0 Å². The van der Waals surface area contributed by atoms with E-state index in [1.807, 2.05) is 0 Å². The van der Waals surface area contributed by atoms with E-state index in [0.29, 0.717) is 6.42 Å². The van der Waals surface area contributed by atoms with E-state index in [9.17, 15) is 9.59 Å². The van der Waals surface area contributed by atoms with Gasteiger partial charge in [-0.3, -0.25) is 9.59 Å². The van der Waals surface area contributed by atoms with Gasteiger partial charge >= 0.3 is 5.97 Å². The van der Waals surface area contributed by atoms with Crippen molar-refractivity contribution in [1.29, 1.82) is 0 Å². The molecule has 2 atom stereocenters. The van der Waals surface area contributed by atoms with Crippen LogP contribution in [0.15, 0.2) is 24.3 Å². The number of hydrogen-bond acceptors (Lipinski definition) is 3. The maximum atomic E-state index is 11.4. The molecule has 1 rings (SSSR count). The molecule has 76 valence electrons. The molecule has 0 aromatic rings. The molecule has 0 saturated heterocycles. The number of ketones is 1. The predicted molar refractivity (Wildman–Crippen MR) is 52.6 cm³/mol. The van der Waals surface area contributed by atoms with Crippen molar-refractivity contribution < 1.29 is 14.3 Å². The van der Waals surface area contributed by atoms with Gasteiger partial charge in [-0.1, -0.05) is 11.6 Å². The highest BCUT2D eigenvalue weighted by Crippen LogP contribution is 2.30. The summed E-state index contributed by atoms with van der Waals surface area (Å²) >= 11 is 0. The van der Waals surface area contributed by atoms with E-state index in [0.717, 1.165) is 5.57 Å². The van der Waals surface area contributed by atoms with Gasteiger partial charge in [-0.15, -0.1) is 6.58 Å². The van der Waals surface area contributed by atoms with Crippen LogP contribution in [-0.2, 0) is 14.3 Å². The van der Waals surface area contributed by atoms with Gasteiger partial charge in [-0.25, -0.2) is 0 Å². The summed E-state index contributed by atoms with van der Waals surface area (Å²) in [5.74, 6) is -0.709. The van der Waals surface area contributed by atoms with Gasteiger partial charge in [0.2, 0.25) is 0 Å². The van der Waals surface area contributed by atoms with Crippen LogP contribution in [0.3, 0.4) is 0 Å². The van der Waals surface area contributed by atoms with Crippen molar-refractivity contribution in [1.82, 2.24) is 0 Å². The van der Waals surface area contributed by atoms with Gasteiger partial charge in [0.1, 0.15) is 0 Å². The summed E-state index contributed by atoms with van der Waals surface area (Å²) < 4.78 is 4.69. The number of rotatable bonds is 2. The van der Waals surface area contributed by atoms with Gasteiger partial charge in [-0.2, -0.15) is 0 Å². The van der Waals surface area contributed by atoms with Crippen LogP contribution in [0.5, 0.6) is 0 Å². The van der Waals surface area contributed by atoms with Gasteiger partial charge in [0, 0.05) is 12.3 Å². The Hall–Kier alpha value is -1.38. The van der Waals surface area contributed by atoms with Gasteiger partial charge < -0.3 is 4.74 Å². The summed E-state index contributed by atoms with van der Waals surface area (Å²) in [7, 11) is 1.35. The van der Waals surface area contributed by atoms with E-state index < -0.39 is 0 Å². The topological polar surface area (TPSA) is 43.4 Å². The largest absolute Gasteiger partial charge is 0.469 e. The van der Waals surface area contributed by atoms with Crippen LogP contribution in [0.25, 0.3) is 0 Å². The van der Waals surface area contributed by atoms with E-state index in [-0.39, 0.29) is 23.6 Å². The third kappa shape index (κ3) is 1.92. The predicted octanol–water partition coefficient (Wildman–Crippen LogP) is 1.50. The average molecular weight is 194 g/mol. The molecule has 0 N–H and O–H groups in total. The molecule has 14 heavy (non-hydrogen) atoms. The Morgan fingerprint density at radius 1 is 1.71 bits per heavy atom. The number of carbonyl (C=O) groups is 2. The van der Waals surface area contributed by atoms with E-state index in [2.05, 4.69) is 11.3 Å². The molecule has 0 aliphatic heterocycles. The van der Waals surface area contributed by atoms with Crippen LogP contribution in [0.2, 0.25) is 0 Å². The SMILES string of the molecule is C=CC1CC(=O)C=C(C)C1C(=O)OC. The van der Waals surface area contributed by atoms with Crippen LogP contribution in [0, 0.1) is 11.8 Å². The minimum Gasteiger partial charge on any atom is -0.469 e. The Labute approximate surface area is 83.4 Å². The van der Waals surface area contributed by atoms with Gasteiger partial charge in [0.05, 0.1) is 13.0 Å². The van der Waals surface area contributed by atoms with Crippen molar-refractivity contribution in [3.05, 3.63) is 24.3 Å². The van der Waals surface area contributed by atoms with E-state index in [4.69, 9.17) is 0 Å². The Bertz CT molecular complexity index is 302. The summed E-state index contributed by atoms with van der Waals surface area (Å²) in [5.41, 5.74) is 0.762. The highest BCUT2D eigenvalue weighted by molar-refractivity contribution is 5.94. The number of carbonyl (C=O) groups excluding carboxylic acids is 2. The summed E-state index contributed by atoms with van der Waals surface area (Å²) in [4.78, 5) is 22.7. The Morgan fingerprint density at radius 3 is 2.86 bits per heavy atom. The fraction of sp³-hybridized carbons (Fsp3) is 0.455. The quantitative estimate of drug-likeness (QED) is 0.494. The third-order valence-corrected chi connectivity index (χ3v) is 2.50. The summed E-state index contributed by atoms with van der Waals surface area (Å²) in [6.45, 7) is 5.41. The second kappa shape index (κ2) is 4.22. The van der Waals surface area contributed by atoms with Crippen molar-refractivity contribution >= 4 is 11.8 Å². The minimum atomic E-state index is -0.338. The summed E-state index contributed by atoms with van der Waals surface area (Å²) in [6.07, 6.45) is 3.51. The van der Waals surface area contributed by atoms with Gasteiger partial charge in [-0.05, 0) is 13.0 Å². The van der Waals surface area contributed by atoms with E-state index >= 15 is 0 Å². The zero-order chi connectivity index (χ0) is 10.7. The fourth-order valence-electron chi connectivity index (χ4n) is 1.80. The molecular weight excluding hydrogens is 180 g/mol. The minimum absolute atomic E-state index is 0.0487. The molecule has 0 spiro atoms. The Balaban J connectivity index is 2.99. The zero-order valence-corrected chi connectivity index (χ0v) is 8.45. The van der Waals surface area contributed by atoms with Crippen molar-refractivity contribution in [2.45, 2.75) is 13.3 Å². The fourth-order valence-corrected chi connectivity index (χ4v) is 1.80. The number of esters is 1. The van der Waals surface area contributed by atoms with Crippen molar-refractivity contribution in [3.63, 3.8) is 0 Å². The second-order valence-electron chi connectivity index (χ2n) is 3.46. The standard InChI is InChI=1S/C11H14O3/c1-4-8-6-9(12)5-7(2)10(8)11(13)14-3/h4-5,8,10H,1,6H2,2-3H3. The summed E-state index contributed by atoms with van der Waals surface area (Å²) in [5, 5.41) is 0. The molecule has 0 radical (unpaired) electrons. The Morgan fingerprint density at radius 2 is 2.36 bits per heavy atom. The lowest BCUT2D eigenvalue weighted by Gasteiger charge is -2.25. The number of ether oxygens (including phenoxy) is 1. The lowest BCUT2D eigenvalue weighted by atomic mass is 9.78. The summed E-state index contributed by atoms with van der Waals surface area (Å²) in [6, 6.07) is 0. The maximum Gasteiger partial charge on any atom is 0.313 e. The van der Waals surface area contributed by atoms with Gasteiger partial charge in [0.15, 0.2) is 5.78 Å². The molecule has 3 nitrogen and oxygen atoms in total. The Kier molecular flexibility index (Phi) is 3.23. The van der Waals surface area contributed by atoms with Crippen molar-refractivity contribution in [3.8, 4) is 0 Å². The molecule has 3 heteroatoms. The number of allylic oxidation sites excluding steroid dienone is 2. The molecule has 0 aromatic heterocycles. The second-order valence-corrected chi connectivity index (χ2v) is 3.46. The highest BCUT2D eigenvalue weighted by Gasteiger charge is 2.33. The maximum absolute atomic E-state index is 11.4. The first kappa shape index (κ1) is 10.7. The third-order valence-electron chi connectivity index (χ3n) is 2.50. The lowest BCUT2D eigenvalue weighted by Crippen LogP contribution is -2.30. The van der Waals surface area contributed by atoms with Crippen molar-refractivity contribution in [2.24, 2.45) is 11.8 Å². The van der Waals surface area contributed by atoms with E-state index in [1.54, 1.807) is 13.0 Å². The van der Waals surface area contributed by atoms with Crippen LogP contribution in [-0.4, -0.2) is 18.9 Å². The smallest absolute Gasteiger partial charge is 0.313 e. The molecular formula is C11H14O3. The highest BCUT2D eigenvalue weighted by atomic mass is 16.5. The van der Waals surface area contributed by atoms with Gasteiger partial charge in [0.25, 0.3) is 0 Å². The first-order valence-electron chi connectivity index (χ1n) is 4.51. The van der Waals surface area contributed by atoms with Crippen LogP contribution < -0.4 is 0 Å².